The van der Waals surface area contributed by atoms with Crippen LogP contribution in [0.2, 0.25) is 0 Å². The lowest BCUT2D eigenvalue weighted by molar-refractivity contribution is -0.105. The van der Waals surface area contributed by atoms with Crippen LogP contribution in [-0.4, -0.2) is 11.2 Å². The molecule has 0 radical (unpaired) electrons. The molecule has 0 unspecified atom stereocenters. The van der Waals surface area contributed by atoms with Crippen molar-refractivity contribution >= 4 is 0 Å². The predicted octanol–water partition coefficient (Wildman–Crippen LogP) is 3.61. The molecule has 0 spiro atoms. The summed E-state index contributed by atoms with van der Waals surface area (Å²) in [5.41, 5.74) is 0. The molecule has 5 aliphatic carbocycles. The summed E-state index contributed by atoms with van der Waals surface area (Å²) in [4.78, 5) is 0. The monoisotopic (exact) mass is 234 g/mol. The normalized spacial score (nSPS) is 51.0. The van der Waals surface area contributed by atoms with Gasteiger partial charge in [0.15, 0.2) is 0 Å². The molecule has 0 aromatic carbocycles. The van der Waals surface area contributed by atoms with Gasteiger partial charge in [-0.05, 0) is 80.5 Å². The van der Waals surface area contributed by atoms with E-state index in [0.717, 1.165) is 23.7 Å². The smallest absolute Gasteiger partial charge is 0.0601 e. The number of hydrogen-bond acceptors (Lipinski definition) is 1. The first-order chi connectivity index (χ1) is 8.31. The van der Waals surface area contributed by atoms with Crippen molar-refractivity contribution in [1.82, 2.24) is 0 Å². The first kappa shape index (κ1) is 10.8. The Morgan fingerprint density at radius 1 is 0.765 bits per heavy atom. The Labute approximate surface area is 105 Å². The number of aliphatic hydroxyl groups is 1. The second kappa shape index (κ2) is 3.98. The summed E-state index contributed by atoms with van der Waals surface area (Å²) in [6, 6.07) is 0. The summed E-state index contributed by atoms with van der Waals surface area (Å²) < 4.78 is 0. The third kappa shape index (κ3) is 1.69. The topological polar surface area (TPSA) is 20.2 Å². The van der Waals surface area contributed by atoms with Crippen LogP contribution in [0.15, 0.2) is 0 Å². The van der Waals surface area contributed by atoms with Gasteiger partial charge in [0.2, 0.25) is 0 Å². The highest BCUT2D eigenvalue weighted by atomic mass is 16.3. The van der Waals surface area contributed by atoms with E-state index in [0.29, 0.717) is 11.8 Å². The van der Waals surface area contributed by atoms with E-state index >= 15 is 0 Å². The van der Waals surface area contributed by atoms with E-state index in [9.17, 15) is 5.11 Å². The molecule has 0 aromatic rings. The van der Waals surface area contributed by atoms with Gasteiger partial charge in [0, 0.05) is 0 Å². The molecule has 0 amide bonds. The third-order valence-corrected chi connectivity index (χ3v) is 6.58. The molecule has 4 bridgehead atoms. The minimum absolute atomic E-state index is 0.0625. The van der Waals surface area contributed by atoms with Crippen molar-refractivity contribution in [3.05, 3.63) is 0 Å². The Morgan fingerprint density at radius 2 is 1.29 bits per heavy atom. The zero-order chi connectivity index (χ0) is 11.4. The Bertz CT molecular complexity index is 264. The van der Waals surface area contributed by atoms with E-state index < -0.39 is 0 Å². The molecule has 0 saturated heterocycles. The largest absolute Gasteiger partial charge is 0.393 e. The SMILES string of the molecule is O[C@@H](C1CCCC1)C1C2CC3CC(C2)CC1C3. The third-order valence-electron chi connectivity index (χ3n) is 6.58. The summed E-state index contributed by atoms with van der Waals surface area (Å²) in [6.45, 7) is 0. The maximum absolute atomic E-state index is 10.8. The molecular formula is C16H26O. The minimum Gasteiger partial charge on any atom is -0.393 e. The van der Waals surface area contributed by atoms with Gasteiger partial charge in [0.05, 0.1) is 6.10 Å². The summed E-state index contributed by atoms with van der Waals surface area (Å²) in [6.07, 6.45) is 12.8. The van der Waals surface area contributed by atoms with Crippen molar-refractivity contribution < 1.29 is 5.11 Å². The lowest BCUT2D eigenvalue weighted by atomic mass is 9.50. The van der Waals surface area contributed by atoms with E-state index in [-0.39, 0.29) is 6.10 Å². The Kier molecular flexibility index (Phi) is 2.54. The molecule has 96 valence electrons. The molecule has 5 aliphatic rings. The van der Waals surface area contributed by atoms with Gasteiger partial charge >= 0.3 is 0 Å². The van der Waals surface area contributed by atoms with Crippen molar-refractivity contribution in [2.45, 2.75) is 63.9 Å². The van der Waals surface area contributed by atoms with Gasteiger partial charge < -0.3 is 5.11 Å². The summed E-state index contributed by atoms with van der Waals surface area (Å²) >= 11 is 0. The molecule has 5 rings (SSSR count). The lowest BCUT2D eigenvalue weighted by Gasteiger charge is -2.56. The van der Waals surface area contributed by atoms with Crippen LogP contribution >= 0.6 is 0 Å². The lowest BCUT2D eigenvalue weighted by Crippen LogP contribution is -2.50. The van der Waals surface area contributed by atoms with Crippen LogP contribution in [0.5, 0.6) is 0 Å². The van der Waals surface area contributed by atoms with Crippen LogP contribution in [0.25, 0.3) is 0 Å². The predicted molar refractivity (Wildman–Crippen MR) is 68.5 cm³/mol. The Balaban J connectivity index is 1.53. The first-order valence-electron chi connectivity index (χ1n) is 7.99. The van der Waals surface area contributed by atoms with Crippen molar-refractivity contribution in [1.29, 1.82) is 0 Å². The molecular weight excluding hydrogens is 208 g/mol. The molecule has 1 nitrogen and oxygen atoms in total. The quantitative estimate of drug-likeness (QED) is 0.774. The minimum atomic E-state index is 0.0625. The molecule has 5 saturated carbocycles. The molecule has 17 heavy (non-hydrogen) atoms. The molecule has 0 aliphatic heterocycles. The van der Waals surface area contributed by atoms with Crippen LogP contribution < -0.4 is 0 Å². The number of rotatable bonds is 2. The zero-order valence-corrected chi connectivity index (χ0v) is 10.9. The highest BCUT2D eigenvalue weighted by Gasteiger charge is 2.51. The van der Waals surface area contributed by atoms with Crippen molar-refractivity contribution in [3.63, 3.8) is 0 Å². The van der Waals surface area contributed by atoms with Crippen molar-refractivity contribution in [2.24, 2.45) is 35.5 Å². The van der Waals surface area contributed by atoms with Gasteiger partial charge in [0.1, 0.15) is 0 Å². The standard InChI is InChI=1S/C16H26O/c17-16(12-3-1-2-4-12)15-13-6-10-5-11(8-13)9-14(15)7-10/h10-17H,1-9H2/t10?,11?,13?,14?,15?,16-/m0/s1. The molecule has 5 fully saturated rings. The summed E-state index contributed by atoms with van der Waals surface area (Å²) in [5, 5.41) is 10.8. The van der Waals surface area contributed by atoms with Crippen LogP contribution in [0.3, 0.4) is 0 Å². The summed E-state index contributed by atoms with van der Waals surface area (Å²) in [7, 11) is 0. The van der Waals surface area contributed by atoms with E-state index in [2.05, 4.69) is 0 Å². The van der Waals surface area contributed by atoms with Gasteiger partial charge in [-0.15, -0.1) is 0 Å². The average Bonchev–Trinajstić information content (AvgIpc) is 2.80. The van der Waals surface area contributed by atoms with Crippen LogP contribution in [0.1, 0.15) is 57.8 Å². The van der Waals surface area contributed by atoms with E-state index in [1.807, 2.05) is 0 Å². The van der Waals surface area contributed by atoms with Crippen molar-refractivity contribution in [3.8, 4) is 0 Å². The van der Waals surface area contributed by atoms with E-state index in [1.165, 1.54) is 57.8 Å². The highest BCUT2D eigenvalue weighted by molar-refractivity contribution is 5.01. The Morgan fingerprint density at radius 3 is 1.82 bits per heavy atom. The maximum atomic E-state index is 10.8. The summed E-state index contributed by atoms with van der Waals surface area (Å²) in [5.74, 6) is 5.26. The number of aliphatic hydroxyl groups excluding tert-OH is 1. The second-order valence-corrected chi connectivity index (χ2v) is 7.54. The van der Waals surface area contributed by atoms with E-state index in [4.69, 9.17) is 0 Å². The van der Waals surface area contributed by atoms with Gasteiger partial charge in [0.25, 0.3) is 0 Å². The molecule has 0 heterocycles. The molecule has 1 N–H and O–H groups in total. The van der Waals surface area contributed by atoms with Crippen molar-refractivity contribution in [2.75, 3.05) is 0 Å². The number of hydrogen-bond donors (Lipinski definition) is 1. The fraction of sp³-hybridized carbons (Fsp3) is 1.00. The molecule has 1 heteroatoms. The highest BCUT2D eigenvalue weighted by Crippen LogP contribution is 2.58. The zero-order valence-electron chi connectivity index (χ0n) is 10.9. The van der Waals surface area contributed by atoms with Crippen LogP contribution in [0.4, 0.5) is 0 Å². The maximum Gasteiger partial charge on any atom is 0.0601 e. The molecule has 0 aromatic heterocycles. The average molecular weight is 234 g/mol. The van der Waals surface area contributed by atoms with Gasteiger partial charge in [-0.1, -0.05) is 12.8 Å². The van der Waals surface area contributed by atoms with Gasteiger partial charge in [-0.2, -0.15) is 0 Å². The fourth-order valence-electron chi connectivity index (χ4n) is 6.14. The second-order valence-electron chi connectivity index (χ2n) is 7.54. The molecule has 1 atom stereocenters. The van der Waals surface area contributed by atoms with Crippen LogP contribution in [0, 0.1) is 35.5 Å². The first-order valence-corrected chi connectivity index (χ1v) is 7.99. The Hall–Kier alpha value is -0.0400. The van der Waals surface area contributed by atoms with Gasteiger partial charge in [-0.25, -0.2) is 0 Å². The fourth-order valence-corrected chi connectivity index (χ4v) is 6.14. The van der Waals surface area contributed by atoms with Gasteiger partial charge in [-0.3, -0.25) is 0 Å². The van der Waals surface area contributed by atoms with E-state index in [1.54, 1.807) is 0 Å². The van der Waals surface area contributed by atoms with Crippen LogP contribution in [-0.2, 0) is 0 Å².